The predicted octanol–water partition coefficient (Wildman–Crippen LogP) is 2.08. The molecule has 1 N–H and O–H groups in total. The van der Waals surface area contributed by atoms with Gasteiger partial charge in [0.15, 0.2) is 10.8 Å². The molecule has 0 amide bonds. The Hall–Kier alpha value is -1.57. The molecule has 5 nitrogen and oxygen atoms in total. The number of methoxy groups -OCH3 is 1. The molecule has 1 aromatic heterocycles. The van der Waals surface area contributed by atoms with Gasteiger partial charge in [0.1, 0.15) is 5.03 Å². The van der Waals surface area contributed by atoms with E-state index >= 15 is 0 Å². The lowest BCUT2D eigenvalue weighted by Gasteiger charge is -2.22. The van der Waals surface area contributed by atoms with Crippen molar-refractivity contribution in [1.29, 1.82) is 0 Å². The van der Waals surface area contributed by atoms with Gasteiger partial charge in [0.25, 0.3) is 0 Å². The molecule has 0 aliphatic carbocycles. The third-order valence-electron chi connectivity index (χ3n) is 3.24. The van der Waals surface area contributed by atoms with E-state index in [-0.39, 0.29) is 5.88 Å². The van der Waals surface area contributed by atoms with Gasteiger partial charge < -0.3 is 9.84 Å². The van der Waals surface area contributed by atoms with Crippen LogP contribution in [0.5, 0.6) is 5.88 Å². The van der Waals surface area contributed by atoms with Crippen LogP contribution in [0, 0.1) is 0 Å². The van der Waals surface area contributed by atoms with Gasteiger partial charge in [-0.05, 0) is 23.6 Å². The average Bonchev–Trinajstić information content (AvgIpc) is 2.79. The largest absolute Gasteiger partial charge is 0.481 e. The Labute approximate surface area is 130 Å². The Bertz CT molecular complexity index is 709. The first kappa shape index (κ1) is 14.4. The number of fused-ring (bicyclic) bond motifs is 1. The summed E-state index contributed by atoms with van der Waals surface area (Å²) in [5.41, 5.74) is -0.965. The molecule has 1 aliphatic heterocycles. The molecule has 0 spiro atoms. The van der Waals surface area contributed by atoms with Crippen LogP contribution in [-0.4, -0.2) is 33.6 Å². The molecule has 1 unspecified atom stereocenters. The number of hydrogen-bond donors (Lipinski definition) is 1. The molecule has 1 atom stereocenters. The van der Waals surface area contributed by atoms with E-state index in [1.807, 2.05) is 12.3 Å². The first-order valence-electron chi connectivity index (χ1n) is 6.12. The van der Waals surface area contributed by atoms with E-state index in [9.17, 15) is 9.90 Å². The predicted molar refractivity (Wildman–Crippen MR) is 80.7 cm³/mol. The number of carbonyl (C=O) groups excluding carboxylic acids is 1. The fraction of sp³-hybridized carbons (Fsp3) is 0.214. The van der Waals surface area contributed by atoms with Crippen LogP contribution < -0.4 is 4.74 Å². The Morgan fingerprint density at radius 3 is 2.62 bits per heavy atom. The first-order chi connectivity index (χ1) is 10.1. The lowest BCUT2D eigenvalue weighted by molar-refractivity contribution is -0.124. The molecule has 0 saturated heterocycles. The molecule has 2 heterocycles. The molecule has 3 rings (SSSR count). The van der Waals surface area contributed by atoms with E-state index in [0.717, 1.165) is 11.8 Å². The van der Waals surface area contributed by atoms with Gasteiger partial charge in [-0.2, -0.15) is 4.98 Å². The standard InChI is InChI=1S/C14H12N2O3S2/c1-19-10-9-11(16-13(15-10)20-2)21-12(17)14(9,18)8-6-4-3-5-7-8/h3-7,18H,1-2H3. The van der Waals surface area contributed by atoms with Crippen molar-refractivity contribution in [2.45, 2.75) is 15.8 Å². The molecule has 0 radical (unpaired) electrons. The Morgan fingerprint density at radius 2 is 2.00 bits per heavy atom. The summed E-state index contributed by atoms with van der Waals surface area (Å²) < 4.78 is 5.27. The minimum Gasteiger partial charge on any atom is -0.481 e. The minimum absolute atomic E-state index is 0.231. The molecular weight excluding hydrogens is 308 g/mol. The zero-order chi connectivity index (χ0) is 15.0. The molecule has 0 bridgehead atoms. The van der Waals surface area contributed by atoms with Gasteiger partial charge in [0, 0.05) is 0 Å². The zero-order valence-corrected chi connectivity index (χ0v) is 13.0. The monoisotopic (exact) mass is 320 g/mol. The van der Waals surface area contributed by atoms with Crippen molar-refractivity contribution >= 4 is 28.6 Å². The molecule has 108 valence electrons. The number of benzene rings is 1. The number of aromatic nitrogens is 2. The van der Waals surface area contributed by atoms with E-state index in [1.165, 1.54) is 18.9 Å². The summed E-state index contributed by atoms with van der Waals surface area (Å²) in [6.07, 6.45) is 1.84. The van der Waals surface area contributed by atoms with Crippen LogP contribution in [0.3, 0.4) is 0 Å². The van der Waals surface area contributed by atoms with E-state index in [1.54, 1.807) is 24.3 Å². The maximum absolute atomic E-state index is 12.4. The van der Waals surface area contributed by atoms with E-state index in [0.29, 0.717) is 21.3 Å². The van der Waals surface area contributed by atoms with Gasteiger partial charge in [0.2, 0.25) is 11.0 Å². The highest BCUT2D eigenvalue weighted by atomic mass is 32.2. The lowest BCUT2D eigenvalue weighted by atomic mass is 9.89. The van der Waals surface area contributed by atoms with Crippen molar-refractivity contribution in [2.75, 3.05) is 13.4 Å². The molecule has 1 aliphatic rings. The van der Waals surface area contributed by atoms with Crippen molar-refractivity contribution in [3.63, 3.8) is 0 Å². The highest BCUT2D eigenvalue weighted by Gasteiger charge is 2.51. The highest BCUT2D eigenvalue weighted by molar-refractivity contribution is 8.14. The van der Waals surface area contributed by atoms with Crippen molar-refractivity contribution in [1.82, 2.24) is 9.97 Å². The van der Waals surface area contributed by atoms with Gasteiger partial charge >= 0.3 is 0 Å². The molecule has 0 saturated carbocycles. The third kappa shape index (κ3) is 2.12. The molecule has 0 fully saturated rings. The quantitative estimate of drug-likeness (QED) is 0.527. The van der Waals surface area contributed by atoms with Crippen LogP contribution in [0.25, 0.3) is 0 Å². The summed E-state index contributed by atoms with van der Waals surface area (Å²) in [6, 6.07) is 8.77. The topological polar surface area (TPSA) is 72.3 Å². The maximum atomic E-state index is 12.4. The summed E-state index contributed by atoms with van der Waals surface area (Å²) in [5.74, 6) is 0.231. The van der Waals surface area contributed by atoms with Crippen molar-refractivity contribution in [3.05, 3.63) is 41.5 Å². The Morgan fingerprint density at radius 1 is 1.29 bits per heavy atom. The number of hydrogen-bond acceptors (Lipinski definition) is 7. The van der Waals surface area contributed by atoms with Crippen LogP contribution in [0.4, 0.5) is 0 Å². The fourth-order valence-corrected chi connectivity index (χ4v) is 3.66. The highest BCUT2D eigenvalue weighted by Crippen LogP contribution is 2.50. The number of rotatable bonds is 3. The maximum Gasteiger partial charge on any atom is 0.236 e. The lowest BCUT2D eigenvalue weighted by Crippen LogP contribution is -2.32. The van der Waals surface area contributed by atoms with Crippen molar-refractivity contribution in [3.8, 4) is 5.88 Å². The Kier molecular flexibility index (Phi) is 3.64. The summed E-state index contributed by atoms with van der Waals surface area (Å²) in [6.45, 7) is 0. The second-order valence-electron chi connectivity index (χ2n) is 4.37. The van der Waals surface area contributed by atoms with Crippen LogP contribution in [0.15, 0.2) is 40.5 Å². The smallest absolute Gasteiger partial charge is 0.236 e. The number of nitrogens with zero attached hydrogens (tertiary/aromatic N) is 2. The van der Waals surface area contributed by atoms with Gasteiger partial charge in [-0.1, -0.05) is 42.1 Å². The third-order valence-corrected chi connectivity index (χ3v) is 4.75. The van der Waals surface area contributed by atoms with Crippen molar-refractivity contribution in [2.24, 2.45) is 0 Å². The molecule has 2 aromatic rings. The van der Waals surface area contributed by atoms with Gasteiger partial charge in [-0.3, -0.25) is 4.79 Å². The summed E-state index contributed by atoms with van der Waals surface area (Å²) >= 11 is 2.27. The van der Waals surface area contributed by atoms with Crippen molar-refractivity contribution < 1.29 is 14.6 Å². The molecule has 21 heavy (non-hydrogen) atoms. The minimum atomic E-state index is -1.77. The second kappa shape index (κ2) is 5.32. The van der Waals surface area contributed by atoms with E-state index in [4.69, 9.17) is 4.74 Å². The fourth-order valence-electron chi connectivity index (χ4n) is 2.23. The summed E-state index contributed by atoms with van der Waals surface area (Å²) in [7, 11) is 1.46. The average molecular weight is 320 g/mol. The normalized spacial score (nSPS) is 20.4. The number of thioether (sulfide) groups is 2. The molecule has 1 aromatic carbocycles. The van der Waals surface area contributed by atoms with E-state index < -0.39 is 10.7 Å². The van der Waals surface area contributed by atoms with Crippen LogP contribution in [-0.2, 0) is 10.4 Å². The number of ether oxygens (including phenoxy) is 1. The SMILES string of the molecule is COc1nc(SC)nc2c1C(O)(c1ccccc1)C(=O)S2. The molecular formula is C14H12N2O3S2. The molecule has 7 heteroatoms. The van der Waals surface area contributed by atoms with Gasteiger partial charge in [-0.25, -0.2) is 4.98 Å². The van der Waals surface area contributed by atoms with Gasteiger partial charge in [-0.15, -0.1) is 0 Å². The number of carbonyl (C=O) groups is 1. The van der Waals surface area contributed by atoms with Crippen LogP contribution in [0.1, 0.15) is 11.1 Å². The van der Waals surface area contributed by atoms with Crippen LogP contribution >= 0.6 is 23.5 Å². The summed E-state index contributed by atoms with van der Waals surface area (Å²) in [4.78, 5) is 21.0. The Balaban J connectivity index is 2.26. The summed E-state index contributed by atoms with van der Waals surface area (Å²) in [5, 5.41) is 11.6. The number of aliphatic hydroxyl groups is 1. The van der Waals surface area contributed by atoms with Gasteiger partial charge in [0.05, 0.1) is 12.7 Å². The zero-order valence-electron chi connectivity index (χ0n) is 11.4. The van der Waals surface area contributed by atoms with E-state index in [2.05, 4.69) is 9.97 Å². The van der Waals surface area contributed by atoms with Crippen LogP contribution in [0.2, 0.25) is 0 Å². The first-order valence-corrected chi connectivity index (χ1v) is 8.16. The second-order valence-corrected chi connectivity index (χ2v) is 6.10.